The SMILES string of the molecule is COC1C2OC(C)(C)OC2OC1C1OCC2OC(n3ccc(=O)[nH]c3=O)C(O)C2N1O. The first-order chi connectivity index (χ1) is 14.7. The van der Waals surface area contributed by atoms with Crippen LogP contribution in [0.2, 0.25) is 0 Å². The second kappa shape index (κ2) is 7.43. The van der Waals surface area contributed by atoms with Crippen molar-refractivity contribution in [3.05, 3.63) is 33.1 Å². The number of H-pyrrole nitrogens is 1. The Morgan fingerprint density at radius 2 is 1.97 bits per heavy atom. The van der Waals surface area contributed by atoms with Gasteiger partial charge in [0.05, 0.1) is 12.6 Å². The number of aromatic amines is 1. The van der Waals surface area contributed by atoms with Gasteiger partial charge >= 0.3 is 5.69 Å². The van der Waals surface area contributed by atoms with E-state index in [1.807, 2.05) is 0 Å². The minimum Gasteiger partial charge on any atom is -0.387 e. The van der Waals surface area contributed by atoms with Gasteiger partial charge in [-0.05, 0) is 13.8 Å². The van der Waals surface area contributed by atoms with Gasteiger partial charge in [-0.1, -0.05) is 0 Å². The average Bonchev–Trinajstić information content (AvgIpc) is 3.29. The van der Waals surface area contributed by atoms with Crippen molar-refractivity contribution in [2.45, 2.75) is 74.9 Å². The lowest BCUT2D eigenvalue weighted by Gasteiger charge is -2.42. The number of nitrogens with zero attached hydrogens (tertiary/aromatic N) is 2. The zero-order valence-corrected chi connectivity index (χ0v) is 17.1. The lowest BCUT2D eigenvalue weighted by Crippen LogP contribution is -2.62. The van der Waals surface area contributed by atoms with Crippen molar-refractivity contribution >= 4 is 0 Å². The van der Waals surface area contributed by atoms with Crippen molar-refractivity contribution in [2.24, 2.45) is 0 Å². The molecule has 9 atom stereocenters. The molecule has 13 heteroatoms. The molecule has 9 unspecified atom stereocenters. The second-order valence-corrected chi connectivity index (χ2v) is 8.44. The van der Waals surface area contributed by atoms with E-state index in [0.717, 1.165) is 15.7 Å². The van der Waals surface area contributed by atoms with Gasteiger partial charge in [-0.3, -0.25) is 14.3 Å². The summed E-state index contributed by atoms with van der Waals surface area (Å²) in [7, 11) is 1.50. The molecule has 0 aliphatic carbocycles. The predicted molar refractivity (Wildman–Crippen MR) is 97.9 cm³/mol. The third-order valence-corrected chi connectivity index (χ3v) is 6.04. The van der Waals surface area contributed by atoms with Crippen LogP contribution < -0.4 is 11.2 Å². The van der Waals surface area contributed by atoms with Crippen molar-refractivity contribution in [1.29, 1.82) is 0 Å². The van der Waals surface area contributed by atoms with Crippen molar-refractivity contribution in [3.8, 4) is 0 Å². The van der Waals surface area contributed by atoms with Crippen molar-refractivity contribution in [3.63, 3.8) is 0 Å². The molecule has 0 amide bonds. The Morgan fingerprint density at radius 1 is 1.19 bits per heavy atom. The number of fused-ring (bicyclic) bond motifs is 2. The van der Waals surface area contributed by atoms with Crippen molar-refractivity contribution in [1.82, 2.24) is 14.6 Å². The zero-order chi connectivity index (χ0) is 22.1. The Balaban J connectivity index is 1.36. The molecule has 0 aromatic carbocycles. The number of hydroxylamine groups is 2. The normalized spacial score (nSPS) is 44.4. The molecule has 1 aromatic heterocycles. The quantitative estimate of drug-likeness (QED) is 0.480. The van der Waals surface area contributed by atoms with Gasteiger partial charge in [-0.25, -0.2) is 4.79 Å². The number of methoxy groups -OCH3 is 1. The first-order valence-corrected chi connectivity index (χ1v) is 9.98. The highest BCUT2D eigenvalue weighted by atomic mass is 16.8. The Labute approximate surface area is 175 Å². The molecule has 4 saturated heterocycles. The summed E-state index contributed by atoms with van der Waals surface area (Å²) in [6.07, 6.45) is -5.50. The maximum absolute atomic E-state index is 12.1. The fourth-order valence-corrected chi connectivity index (χ4v) is 4.74. The summed E-state index contributed by atoms with van der Waals surface area (Å²) in [5.41, 5.74) is -1.30. The molecule has 4 fully saturated rings. The van der Waals surface area contributed by atoms with Gasteiger partial charge in [-0.2, -0.15) is 5.06 Å². The van der Waals surface area contributed by atoms with Gasteiger partial charge in [0, 0.05) is 19.4 Å². The van der Waals surface area contributed by atoms with E-state index in [4.69, 9.17) is 28.4 Å². The number of aliphatic hydroxyl groups excluding tert-OH is 1. The summed E-state index contributed by atoms with van der Waals surface area (Å²) < 4.78 is 35.7. The van der Waals surface area contributed by atoms with Gasteiger partial charge in [0.15, 0.2) is 24.5 Å². The topological polar surface area (TPSA) is 154 Å². The van der Waals surface area contributed by atoms with E-state index >= 15 is 0 Å². The van der Waals surface area contributed by atoms with Crippen molar-refractivity contribution in [2.75, 3.05) is 13.7 Å². The molecular weight excluding hydrogens is 418 g/mol. The van der Waals surface area contributed by atoms with Crippen LogP contribution in [-0.2, 0) is 28.4 Å². The molecule has 3 N–H and O–H groups in total. The van der Waals surface area contributed by atoms with Crippen molar-refractivity contribution < 1.29 is 38.7 Å². The second-order valence-electron chi connectivity index (χ2n) is 8.44. The molecule has 0 bridgehead atoms. The van der Waals surface area contributed by atoms with E-state index < -0.39 is 72.3 Å². The van der Waals surface area contributed by atoms with Gasteiger partial charge in [0.2, 0.25) is 0 Å². The summed E-state index contributed by atoms with van der Waals surface area (Å²) in [5, 5.41) is 22.6. The van der Waals surface area contributed by atoms with Crippen LogP contribution >= 0.6 is 0 Å². The van der Waals surface area contributed by atoms with E-state index in [0.29, 0.717) is 0 Å². The van der Waals surface area contributed by atoms with Crippen LogP contribution in [0.25, 0.3) is 0 Å². The molecule has 0 spiro atoms. The standard InChI is InChI=1S/C18H25N3O10/c1-18(2)30-13-11(26-3)12(29-16(13)31-18)15-21(25)9-7(6-27-15)28-14(10(9)23)20-5-4-8(22)19-17(20)24/h4-5,7,9-16,23,25H,6H2,1-3H3,(H,19,22,24). The lowest BCUT2D eigenvalue weighted by atomic mass is 10.0. The Hall–Kier alpha value is -1.68. The highest BCUT2D eigenvalue weighted by Crippen LogP contribution is 2.43. The first-order valence-electron chi connectivity index (χ1n) is 9.98. The Bertz CT molecular complexity index is 949. The molecule has 172 valence electrons. The van der Waals surface area contributed by atoms with E-state index in [1.54, 1.807) is 13.8 Å². The van der Waals surface area contributed by atoms with E-state index in [2.05, 4.69) is 4.98 Å². The van der Waals surface area contributed by atoms with Crippen LogP contribution in [0.15, 0.2) is 21.9 Å². The number of hydrogen-bond donors (Lipinski definition) is 3. The lowest BCUT2D eigenvalue weighted by molar-refractivity contribution is -0.331. The zero-order valence-electron chi connectivity index (χ0n) is 17.1. The summed E-state index contributed by atoms with van der Waals surface area (Å²) in [4.78, 5) is 25.6. The fraction of sp³-hybridized carbons (Fsp3) is 0.778. The molecule has 5 rings (SSSR count). The Kier molecular flexibility index (Phi) is 5.08. The number of aromatic nitrogens is 2. The first kappa shape index (κ1) is 21.2. The smallest absolute Gasteiger partial charge is 0.330 e. The van der Waals surface area contributed by atoms with Crippen LogP contribution in [0, 0.1) is 0 Å². The van der Waals surface area contributed by atoms with Crippen LogP contribution in [-0.4, -0.2) is 93.5 Å². The number of aliphatic hydroxyl groups is 1. The van der Waals surface area contributed by atoms with E-state index in [-0.39, 0.29) is 6.61 Å². The third-order valence-electron chi connectivity index (χ3n) is 6.04. The molecule has 31 heavy (non-hydrogen) atoms. The molecule has 0 saturated carbocycles. The highest BCUT2D eigenvalue weighted by molar-refractivity contribution is 5.03. The maximum Gasteiger partial charge on any atom is 0.330 e. The largest absolute Gasteiger partial charge is 0.387 e. The minimum absolute atomic E-state index is 0.0247. The van der Waals surface area contributed by atoms with Gasteiger partial charge < -0.3 is 38.7 Å². The number of hydrogen-bond acceptors (Lipinski definition) is 11. The third kappa shape index (κ3) is 3.37. The number of nitrogens with one attached hydrogen (secondary N) is 1. The van der Waals surface area contributed by atoms with Gasteiger partial charge in [-0.15, -0.1) is 0 Å². The van der Waals surface area contributed by atoms with Gasteiger partial charge in [0.25, 0.3) is 5.56 Å². The van der Waals surface area contributed by atoms with Crippen LogP contribution in [0.3, 0.4) is 0 Å². The predicted octanol–water partition coefficient (Wildman–Crippen LogP) is -1.90. The molecular formula is C18H25N3O10. The van der Waals surface area contributed by atoms with Gasteiger partial charge in [0.1, 0.15) is 30.5 Å². The maximum atomic E-state index is 12.1. The summed E-state index contributed by atoms with van der Waals surface area (Å²) in [6.45, 7) is 3.56. The molecule has 5 heterocycles. The average molecular weight is 443 g/mol. The molecule has 4 aliphatic rings. The summed E-state index contributed by atoms with van der Waals surface area (Å²) >= 11 is 0. The van der Waals surface area contributed by atoms with Crippen LogP contribution in [0.4, 0.5) is 0 Å². The summed E-state index contributed by atoms with van der Waals surface area (Å²) in [5.74, 6) is -0.832. The molecule has 0 radical (unpaired) electrons. The Morgan fingerprint density at radius 3 is 2.68 bits per heavy atom. The molecule has 13 nitrogen and oxygen atoms in total. The molecule has 4 aliphatic heterocycles. The number of rotatable bonds is 3. The van der Waals surface area contributed by atoms with Crippen LogP contribution in [0.5, 0.6) is 0 Å². The highest BCUT2D eigenvalue weighted by Gasteiger charge is 2.61. The van der Waals surface area contributed by atoms with E-state index in [9.17, 15) is 19.9 Å². The molecule has 1 aromatic rings. The van der Waals surface area contributed by atoms with E-state index in [1.165, 1.54) is 13.3 Å². The van der Waals surface area contributed by atoms with Crippen LogP contribution in [0.1, 0.15) is 20.1 Å². The number of ether oxygens (including phenoxy) is 6. The monoisotopic (exact) mass is 443 g/mol. The minimum atomic E-state index is -1.29. The fourth-order valence-electron chi connectivity index (χ4n) is 4.74. The summed E-state index contributed by atoms with van der Waals surface area (Å²) in [6, 6.07) is 0.230.